The number of fused-ring (bicyclic) bond motifs is 1. The number of nitrogens with one attached hydrogen (secondary N) is 4. The molecule has 7 nitrogen and oxygen atoms in total. The second-order valence-corrected chi connectivity index (χ2v) is 2.54. The molecule has 2 saturated heterocycles. The maximum Gasteiger partial charge on any atom is 0.323 e. The van der Waals surface area contributed by atoms with Crippen molar-refractivity contribution in [2.45, 2.75) is 12.2 Å². The van der Waals surface area contributed by atoms with Crippen molar-refractivity contribution in [1.82, 2.24) is 21.3 Å². The number of hydrogen-bond donors (Lipinski definition) is 4. The first-order chi connectivity index (χ1) is 5.66. The number of carbonyl (C=O) groups excluding carboxylic acids is 3. The van der Waals surface area contributed by atoms with Gasteiger partial charge in [0.1, 0.15) is 12.2 Å². The first-order valence-corrected chi connectivity index (χ1v) is 3.35. The van der Waals surface area contributed by atoms with Crippen molar-refractivity contribution < 1.29 is 14.4 Å². The fraction of sp³-hybridized carbons (Fsp3) is 0.400. The molecule has 2 atom stereocenters. The molecule has 0 aromatic carbocycles. The summed E-state index contributed by atoms with van der Waals surface area (Å²) < 4.78 is 0. The van der Waals surface area contributed by atoms with E-state index in [0.29, 0.717) is 0 Å². The summed E-state index contributed by atoms with van der Waals surface area (Å²) in [7, 11) is 0. The Morgan fingerprint density at radius 1 is 0.917 bits per heavy atom. The molecule has 0 aromatic heterocycles. The number of rotatable bonds is 0. The average Bonchev–Trinajstić information content (AvgIpc) is 2.29. The number of carbonyl (C=O) groups is 3. The highest BCUT2D eigenvalue weighted by Gasteiger charge is 2.41. The standard InChI is InChI=1S/C5H6N4O3/c10-3-1-2(7-4(11)6-1)8-5(12)9-3/h1-2H,(H2,6,7,11)(H2,8,9,10,12)/i8+1,9+1. The maximum atomic E-state index is 11.0. The largest absolute Gasteiger partial charge is 0.323 e. The Morgan fingerprint density at radius 3 is 2.33 bits per heavy atom. The summed E-state index contributed by atoms with van der Waals surface area (Å²) in [6.45, 7) is 0. The Kier molecular flexibility index (Phi) is 1.20. The van der Waals surface area contributed by atoms with Crippen LogP contribution in [0.25, 0.3) is 0 Å². The van der Waals surface area contributed by atoms with E-state index in [4.69, 9.17) is 0 Å². The normalized spacial score (nSPS) is 32.8. The fourth-order valence-electron chi connectivity index (χ4n) is 1.19. The Balaban J connectivity index is 2.20. The van der Waals surface area contributed by atoms with E-state index in [-0.39, 0.29) is 0 Å². The molecule has 64 valence electrons. The molecular formula is C5H6N4O3. The third-order valence-corrected chi connectivity index (χ3v) is 1.71. The Bertz CT molecular complexity index is 276. The summed E-state index contributed by atoms with van der Waals surface area (Å²) >= 11 is 0. The quantitative estimate of drug-likeness (QED) is 0.313. The van der Waals surface area contributed by atoms with Crippen molar-refractivity contribution in [3.63, 3.8) is 0 Å². The van der Waals surface area contributed by atoms with Crippen molar-refractivity contribution in [3.8, 4) is 0 Å². The van der Waals surface area contributed by atoms with E-state index in [1.807, 2.05) is 5.32 Å². The molecule has 0 spiro atoms. The predicted octanol–water partition coefficient (Wildman–Crippen LogP) is -2.17. The molecule has 2 heterocycles. The molecule has 2 unspecified atom stereocenters. The van der Waals surface area contributed by atoms with Crippen molar-refractivity contribution in [1.29, 1.82) is 0 Å². The van der Waals surface area contributed by atoms with Crippen molar-refractivity contribution in [2.75, 3.05) is 0 Å². The first kappa shape index (κ1) is 6.89. The topological polar surface area (TPSA) is 99.3 Å². The van der Waals surface area contributed by atoms with Crippen LogP contribution in [-0.4, -0.2) is 30.2 Å². The third kappa shape index (κ3) is 0.865. The first-order valence-electron chi connectivity index (χ1n) is 3.35. The SMILES string of the molecule is O=C1NC2[15NH]C(=O)[15NH]C(=O)C2N1. The second-order valence-electron chi connectivity index (χ2n) is 2.54. The van der Waals surface area contributed by atoms with E-state index in [1.165, 1.54) is 0 Å². The lowest BCUT2D eigenvalue weighted by molar-refractivity contribution is -0.122. The van der Waals surface area contributed by atoms with Gasteiger partial charge in [-0.15, -0.1) is 0 Å². The highest BCUT2D eigenvalue weighted by atomic mass is 16.3. The maximum absolute atomic E-state index is 11.0. The van der Waals surface area contributed by atoms with Gasteiger partial charge in [0.2, 0.25) is 0 Å². The summed E-state index contributed by atoms with van der Waals surface area (Å²) in [5.41, 5.74) is 0. The van der Waals surface area contributed by atoms with Crippen LogP contribution in [0.2, 0.25) is 0 Å². The molecular weight excluding hydrogens is 166 g/mol. The Morgan fingerprint density at radius 2 is 1.58 bits per heavy atom. The molecule has 0 saturated carbocycles. The molecule has 2 aliphatic rings. The molecule has 4 N–H and O–H groups in total. The van der Waals surface area contributed by atoms with Gasteiger partial charge in [0.25, 0.3) is 5.91 Å². The molecule has 2 rings (SSSR count). The molecule has 7 heteroatoms. The summed E-state index contributed by atoms with van der Waals surface area (Å²) in [6, 6.07) is -1.75. The van der Waals surface area contributed by atoms with Crippen LogP contribution in [0.5, 0.6) is 0 Å². The smallest absolute Gasteiger partial charge is 0.323 e. The summed E-state index contributed by atoms with van der Waals surface area (Å²) in [6.07, 6.45) is -0.626. The lowest BCUT2D eigenvalue weighted by atomic mass is 10.2. The Hall–Kier alpha value is -1.79. The molecule has 12 heavy (non-hydrogen) atoms. The van der Waals surface area contributed by atoms with Crippen molar-refractivity contribution >= 4 is 18.0 Å². The highest BCUT2D eigenvalue weighted by Crippen LogP contribution is 2.02. The monoisotopic (exact) mass is 172 g/mol. The van der Waals surface area contributed by atoms with Gasteiger partial charge in [-0.25, -0.2) is 9.59 Å². The lowest BCUT2D eigenvalue weighted by Gasteiger charge is -2.23. The minimum atomic E-state index is -0.699. The van der Waals surface area contributed by atoms with Crippen molar-refractivity contribution in [3.05, 3.63) is 0 Å². The molecule has 0 aromatic rings. The number of imide groups is 1. The van der Waals surface area contributed by atoms with Crippen LogP contribution in [0.1, 0.15) is 0 Å². The fourth-order valence-corrected chi connectivity index (χ4v) is 1.19. The van der Waals surface area contributed by atoms with Gasteiger partial charge in [-0.3, -0.25) is 10.1 Å². The van der Waals surface area contributed by atoms with Crippen LogP contribution in [0, 0.1) is 0 Å². The van der Waals surface area contributed by atoms with E-state index in [2.05, 4.69) is 16.0 Å². The van der Waals surface area contributed by atoms with E-state index in [9.17, 15) is 14.4 Å². The summed E-state index contributed by atoms with van der Waals surface area (Å²) in [5.74, 6) is -0.498. The van der Waals surface area contributed by atoms with Crippen LogP contribution in [-0.2, 0) is 4.79 Å². The van der Waals surface area contributed by atoms with Gasteiger partial charge in [-0.1, -0.05) is 0 Å². The summed E-state index contributed by atoms with van der Waals surface area (Å²) in [5, 5.41) is 9.12. The molecule has 0 radical (unpaired) electrons. The molecule has 0 aliphatic carbocycles. The molecule has 5 amide bonds. The second kappa shape index (κ2) is 2.10. The average molecular weight is 172 g/mol. The van der Waals surface area contributed by atoms with Crippen LogP contribution >= 0.6 is 0 Å². The van der Waals surface area contributed by atoms with Crippen LogP contribution in [0.15, 0.2) is 0 Å². The van der Waals surface area contributed by atoms with E-state index in [1.54, 1.807) is 0 Å². The van der Waals surface area contributed by atoms with E-state index < -0.39 is 30.2 Å². The highest BCUT2D eigenvalue weighted by molar-refractivity contribution is 6.03. The third-order valence-electron chi connectivity index (χ3n) is 1.71. The zero-order chi connectivity index (χ0) is 8.72. The number of urea groups is 2. The zero-order valence-corrected chi connectivity index (χ0v) is 5.88. The van der Waals surface area contributed by atoms with Crippen LogP contribution in [0.4, 0.5) is 9.59 Å². The molecule has 0 bridgehead atoms. The van der Waals surface area contributed by atoms with Gasteiger partial charge >= 0.3 is 12.1 Å². The van der Waals surface area contributed by atoms with Crippen LogP contribution in [0.3, 0.4) is 0 Å². The number of hydrogen-bond acceptors (Lipinski definition) is 3. The zero-order valence-electron chi connectivity index (χ0n) is 5.88. The van der Waals surface area contributed by atoms with Gasteiger partial charge < -0.3 is 16.0 Å². The predicted molar refractivity (Wildman–Crippen MR) is 35.9 cm³/mol. The van der Waals surface area contributed by atoms with Gasteiger partial charge in [-0.2, -0.15) is 0 Å². The molecule has 2 aliphatic heterocycles. The van der Waals surface area contributed by atoms with Crippen LogP contribution < -0.4 is 21.3 Å². The van der Waals surface area contributed by atoms with Gasteiger partial charge in [0.05, 0.1) is 0 Å². The minimum absolute atomic E-state index is 0.456. The molecule has 2 fully saturated rings. The van der Waals surface area contributed by atoms with Crippen molar-refractivity contribution in [2.24, 2.45) is 0 Å². The minimum Gasteiger partial charge on any atom is -0.323 e. The van der Waals surface area contributed by atoms with E-state index >= 15 is 0 Å². The van der Waals surface area contributed by atoms with Gasteiger partial charge in [0, 0.05) is 0 Å². The van der Waals surface area contributed by atoms with Gasteiger partial charge in [-0.05, 0) is 0 Å². The van der Waals surface area contributed by atoms with E-state index in [0.717, 1.165) is 0 Å². The lowest BCUT2D eigenvalue weighted by Crippen LogP contribution is -2.64. The summed E-state index contributed by atoms with van der Waals surface area (Å²) in [4.78, 5) is 32.4. The van der Waals surface area contributed by atoms with Gasteiger partial charge in [0.15, 0.2) is 0 Å². The number of amides is 5. The Labute approximate surface area is 66.9 Å².